The van der Waals surface area contributed by atoms with E-state index in [1.165, 1.54) is 0 Å². The number of aromatic nitrogens is 3. The highest BCUT2D eigenvalue weighted by atomic mass is 79.9. The summed E-state index contributed by atoms with van der Waals surface area (Å²) in [6.07, 6.45) is 5.70. The van der Waals surface area contributed by atoms with Crippen molar-refractivity contribution in [3.8, 4) is 0 Å². The maximum atomic E-state index is 4.48. The molecule has 0 aliphatic rings. The van der Waals surface area contributed by atoms with Gasteiger partial charge in [0.2, 0.25) is 0 Å². The van der Waals surface area contributed by atoms with Gasteiger partial charge < -0.3 is 4.57 Å². The molecule has 1 atom stereocenters. The first kappa shape index (κ1) is 11.4. The molecule has 3 aromatic heterocycles. The van der Waals surface area contributed by atoms with Crippen LogP contribution in [0.3, 0.4) is 0 Å². The predicted molar refractivity (Wildman–Crippen MR) is 75.5 cm³/mol. The normalized spacial score (nSPS) is 12.8. The van der Waals surface area contributed by atoms with Crippen molar-refractivity contribution >= 4 is 27.0 Å². The second kappa shape index (κ2) is 4.53. The molecule has 0 saturated carbocycles. The van der Waals surface area contributed by atoms with E-state index in [1.54, 1.807) is 0 Å². The Labute approximate surface area is 114 Å². The van der Waals surface area contributed by atoms with Gasteiger partial charge in [-0.3, -0.25) is 4.98 Å². The fourth-order valence-corrected chi connectivity index (χ4v) is 2.44. The molecular weight excluding hydrogens is 290 g/mol. The van der Waals surface area contributed by atoms with E-state index in [0.29, 0.717) is 0 Å². The molecule has 0 aliphatic carbocycles. The van der Waals surface area contributed by atoms with Crippen molar-refractivity contribution in [3.63, 3.8) is 0 Å². The van der Waals surface area contributed by atoms with Crippen LogP contribution in [0.5, 0.6) is 0 Å². The molecule has 0 saturated heterocycles. The highest BCUT2D eigenvalue weighted by Gasteiger charge is 2.12. The Balaban J connectivity index is 2.10. The zero-order chi connectivity index (χ0) is 12.5. The third kappa shape index (κ3) is 1.93. The van der Waals surface area contributed by atoms with Gasteiger partial charge in [-0.15, -0.1) is 0 Å². The van der Waals surface area contributed by atoms with E-state index in [-0.39, 0.29) is 6.04 Å². The third-order valence-electron chi connectivity index (χ3n) is 3.05. The van der Waals surface area contributed by atoms with Gasteiger partial charge in [-0.1, -0.05) is 6.07 Å². The molecule has 0 spiro atoms. The highest BCUT2D eigenvalue weighted by Crippen LogP contribution is 2.24. The smallest absolute Gasteiger partial charge is 0.140 e. The van der Waals surface area contributed by atoms with Crippen molar-refractivity contribution in [2.24, 2.45) is 0 Å². The van der Waals surface area contributed by atoms with E-state index >= 15 is 0 Å². The van der Waals surface area contributed by atoms with E-state index < -0.39 is 0 Å². The molecule has 0 aromatic carbocycles. The van der Waals surface area contributed by atoms with Crippen molar-refractivity contribution in [1.29, 1.82) is 0 Å². The topological polar surface area (TPSA) is 30.7 Å². The van der Waals surface area contributed by atoms with E-state index in [1.807, 2.05) is 30.6 Å². The van der Waals surface area contributed by atoms with Gasteiger partial charge in [0.25, 0.3) is 0 Å². The largest absolute Gasteiger partial charge is 0.324 e. The summed E-state index contributed by atoms with van der Waals surface area (Å²) in [5, 5.41) is 1.13. The minimum atomic E-state index is 0.178. The average molecular weight is 302 g/mol. The Hall–Kier alpha value is -1.68. The zero-order valence-electron chi connectivity index (χ0n) is 9.92. The molecule has 0 bridgehead atoms. The van der Waals surface area contributed by atoms with Gasteiger partial charge >= 0.3 is 0 Å². The Morgan fingerprint density at radius 1 is 1.22 bits per heavy atom. The molecule has 0 amide bonds. The fraction of sp³-hybridized carbons (Fsp3) is 0.143. The molecule has 0 radical (unpaired) electrons. The van der Waals surface area contributed by atoms with E-state index in [4.69, 9.17) is 0 Å². The number of nitrogens with zero attached hydrogens (tertiary/aromatic N) is 3. The monoisotopic (exact) mass is 301 g/mol. The van der Waals surface area contributed by atoms with Gasteiger partial charge in [-0.05, 0) is 47.1 Å². The van der Waals surface area contributed by atoms with Gasteiger partial charge in [0.1, 0.15) is 5.65 Å². The lowest BCUT2D eigenvalue weighted by Gasteiger charge is -2.13. The van der Waals surface area contributed by atoms with Crippen LogP contribution in [0.2, 0.25) is 0 Å². The number of pyridine rings is 2. The van der Waals surface area contributed by atoms with Crippen molar-refractivity contribution in [2.75, 3.05) is 0 Å². The summed E-state index contributed by atoms with van der Waals surface area (Å²) in [5.41, 5.74) is 2.02. The molecule has 90 valence electrons. The second-order valence-electron chi connectivity index (χ2n) is 4.22. The van der Waals surface area contributed by atoms with Crippen molar-refractivity contribution in [3.05, 3.63) is 59.1 Å². The summed E-state index contributed by atoms with van der Waals surface area (Å²) in [4.78, 5) is 8.88. The Kier molecular flexibility index (Phi) is 2.88. The number of hydrogen-bond acceptors (Lipinski definition) is 2. The maximum Gasteiger partial charge on any atom is 0.140 e. The van der Waals surface area contributed by atoms with E-state index in [2.05, 4.69) is 55.7 Å². The van der Waals surface area contributed by atoms with Crippen LogP contribution in [-0.2, 0) is 0 Å². The van der Waals surface area contributed by atoms with Gasteiger partial charge in [-0.2, -0.15) is 0 Å². The summed E-state index contributed by atoms with van der Waals surface area (Å²) in [6.45, 7) is 2.13. The summed E-state index contributed by atoms with van der Waals surface area (Å²) in [5.74, 6) is 0. The fourth-order valence-electron chi connectivity index (χ4n) is 2.10. The third-order valence-corrected chi connectivity index (χ3v) is 3.49. The number of fused-ring (bicyclic) bond motifs is 1. The van der Waals surface area contributed by atoms with Crippen LogP contribution in [0, 0.1) is 0 Å². The first-order valence-corrected chi connectivity index (χ1v) is 6.58. The highest BCUT2D eigenvalue weighted by molar-refractivity contribution is 9.10. The summed E-state index contributed by atoms with van der Waals surface area (Å²) >= 11 is 3.44. The Morgan fingerprint density at radius 2 is 2.11 bits per heavy atom. The minimum Gasteiger partial charge on any atom is -0.324 e. The molecule has 4 heteroatoms. The van der Waals surface area contributed by atoms with Gasteiger partial charge in [0.15, 0.2) is 0 Å². The summed E-state index contributed by atoms with van der Waals surface area (Å²) in [6, 6.07) is 10.3. The minimum absolute atomic E-state index is 0.178. The second-order valence-corrected chi connectivity index (χ2v) is 5.14. The average Bonchev–Trinajstić information content (AvgIpc) is 2.81. The van der Waals surface area contributed by atoms with E-state index in [9.17, 15) is 0 Å². The van der Waals surface area contributed by atoms with Crippen LogP contribution in [0.4, 0.5) is 0 Å². The molecule has 3 nitrogen and oxygen atoms in total. The molecule has 0 N–H and O–H groups in total. The maximum absolute atomic E-state index is 4.48. The summed E-state index contributed by atoms with van der Waals surface area (Å²) in [7, 11) is 0. The van der Waals surface area contributed by atoms with E-state index in [0.717, 1.165) is 21.2 Å². The van der Waals surface area contributed by atoms with Crippen LogP contribution in [0.15, 0.2) is 53.4 Å². The van der Waals surface area contributed by atoms with Gasteiger partial charge in [-0.25, -0.2) is 4.98 Å². The van der Waals surface area contributed by atoms with Crippen molar-refractivity contribution in [2.45, 2.75) is 13.0 Å². The molecule has 0 unspecified atom stereocenters. The van der Waals surface area contributed by atoms with Crippen LogP contribution in [-0.4, -0.2) is 14.5 Å². The molecular formula is C14H12BrN3. The first-order valence-electron chi connectivity index (χ1n) is 5.79. The van der Waals surface area contributed by atoms with Crippen LogP contribution in [0.25, 0.3) is 11.0 Å². The Bertz CT molecular complexity index is 676. The standard InChI is InChI=1S/C14H12BrN3/c1-10(13-4-2-3-6-16-13)18-7-5-11-8-12(15)9-17-14(11)18/h2-10H,1H3/t10-/m0/s1. The molecule has 18 heavy (non-hydrogen) atoms. The number of halogens is 1. The first-order chi connectivity index (χ1) is 8.75. The van der Waals surface area contributed by atoms with Crippen LogP contribution in [0.1, 0.15) is 18.7 Å². The molecule has 0 aliphatic heterocycles. The van der Waals surface area contributed by atoms with Gasteiger partial charge in [0.05, 0.1) is 11.7 Å². The molecule has 3 aromatic rings. The molecule has 0 fully saturated rings. The lowest BCUT2D eigenvalue weighted by molar-refractivity contribution is 0.638. The quantitative estimate of drug-likeness (QED) is 0.721. The lowest BCUT2D eigenvalue weighted by atomic mass is 10.2. The lowest BCUT2D eigenvalue weighted by Crippen LogP contribution is -2.07. The molecule has 3 heterocycles. The SMILES string of the molecule is C[C@@H](c1ccccn1)n1ccc2cc(Br)cnc21. The van der Waals surface area contributed by atoms with Crippen LogP contribution >= 0.6 is 15.9 Å². The predicted octanol–water partition coefficient (Wildman–Crippen LogP) is 3.80. The molecule has 3 rings (SSSR count). The van der Waals surface area contributed by atoms with Crippen LogP contribution < -0.4 is 0 Å². The zero-order valence-corrected chi connectivity index (χ0v) is 11.5. The van der Waals surface area contributed by atoms with Crippen molar-refractivity contribution < 1.29 is 0 Å². The van der Waals surface area contributed by atoms with Crippen molar-refractivity contribution in [1.82, 2.24) is 14.5 Å². The summed E-state index contributed by atoms with van der Waals surface area (Å²) < 4.78 is 3.14. The number of hydrogen-bond donors (Lipinski definition) is 0. The Morgan fingerprint density at radius 3 is 2.89 bits per heavy atom. The number of rotatable bonds is 2. The van der Waals surface area contributed by atoms with Gasteiger partial charge in [0, 0.05) is 28.4 Å².